The van der Waals surface area contributed by atoms with Gasteiger partial charge in [-0.25, -0.2) is 0 Å². The summed E-state index contributed by atoms with van der Waals surface area (Å²) in [6.45, 7) is 2.27. The average Bonchev–Trinajstić information content (AvgIpc) is 2.81. The standard InChI is InChI=1S/C10H16N4O/c11-4-8-2-1-3-14(7-8)10(15)9-5-12-13-6-9/h5-6,8H,1-4,7,11H2,(H,12,13). The van der Waals surface area contributed by atoms with E-state index < -0.39 is 0 Å². The van der Waals surface area contributed by atoms with Crippen LogP contribution in [0.4, 0.5) is 0 Å². The second kappa shape index (κ2) is 4.44. The predicted octanol–water partition coefficient (Wildman–Crippen LogP) is 0.221. The van der Waals surface area contributed by atoms with Crippen LogP contribution in [0.15, 0.2) is 12.4 Å². The van der Waals surface area contributed by atoms with Crippen molar-refractivity contribution >= 4 is 5.91 Å². The highest BCUT2D eigenvalue weighted by molar-refractivity contribution is 5.93. The Balaban J connectivity index is 2.01. The van der Waals surface area contributed by atoms with Crippen molar-refractivity contribution in [1.29, 1.82) is 0 Å². The van der Waals surface area contributed by atoms with Gasteiger partial charge in [-0.3, -0.25) is 9.89 Å². The second-order valence-corrected chi connectivity index (χ2v) is 3.98. The van der Waals surface area contributed by atoms with Crippen LogP contribution in [-0.2, 0) is 0 Å². The van der Waals surface area contributed by atoms with E-state index in [-0.39, 0.29) is 5.91 Å². The number of hydrogen-bond acceptors (Lipinski definition) is 3. The summed E-state index contributed by atoms with van der Waals surface area (Å²) in [6, 6.07) is 0. The molecule has 82 valence electrons. The first-order valence-corrected chi connectivity index (χ1v) is 5.29. The Morgan fingerprint density at radius 3 is 3.27 bits per heavy atom. The van der Waals surface area contributed by atoms with Crippen LogP contribution in [0.3, 0.4) is 0 Å². The van der Waals surface area contributed by atoms with Gasteiger partial charge >= 0.3 is 0 Å². The molecule has 0 spiro atoms. The van der Waals surface area contributed by atoms with Gasteiger partial charge in [0.2, 0.25) is 0 Å². The third-order valence-corrected chi connectivity index (χ3v) is 2.88. The molecule has 1 aliphatic rings. The number of carbonyl (C=O) groups excluding carboxylic acids is 1. The van der Waals surface area contributed by atoms with Crippen molar-refractivity contribution in [2.24, 2.45) is 11.7 Å². The number of aromatic nitrogens is 2. The number of likely N-dealkylation sites (tertiary alicyclic amines) is 1. The minimum Gasteiger partial charge on any atom is -0.338 e. The van der Waals surface area contributed by atoms with Crippen molar-refractivity contribution in [3.8, 4) is 0 Å². The van der Waals surface area contributed by atoms with Crippen molar-refractivity contribution in [3.63, 3.8) is 0 Å². The Morgan fingerprint density at radius 1 is 1.73 bits per heavy atom. The molecule has 0 aromatic carbocycles. The number of aromatic amines is 1. The normalized spacial score (nSPS) is 21.7. The summed E-state index contributed by atoms with van der Waals surface area (Å²) in [7, 11) is 0. The van der Waals surface area contributed by atoms with Gasteiger partial charge in [0.25, 0.3) is 5.91 Å². The van der Waals surface area contributed by atoms with E-state index >= 15 is 0 Å². The Bertz CT molecular complexity index is 322. The van der Waals surface area contributed by atoms with Crippen LogP contribution in [0, 0.1) is 5.92 Å². The maximum absolute atomic E-state index is 11.9. The first-order chi connectivity index (χ1) is 7.31. The van der Waals surface area contributed by atoms with Crippen LogP contribution in [0.1, 0.15) is 23.2 Å². The van der Waals surface area contributed by atoms with E-state index in [2.05, 4.69) is 10.2 Å². The molecule has 1 aliphatic heterocycles. The first-order valence-electron chi connectivity index (χ1n) is 5.29. The zero-order chi connectivity index (χ0) is 10.7. The third kappa shape index (κ3) is 2.18. The van der Waals surface area contributed by atoms with Crippen molar-refractivity contribution in [2.75, 3.05) is 19.6 Å². The lowest BCUT2D eigenvalue weighted by Gasteiger charge is -2.31. The van der Waals surface area contributed by atoms with E-state index in [0.717, 1.165) is 25.9 Å². The van der Waals surface area contributed by atoms with E-state index in [9.17, 15) is 4.79 Å². The summed E-state index contributed by atoms with van der Waals surface area (Å²) in [6.07, 6.45) is 5.37. The number of carbonyl (C=O) groups is 1. The van der Waals surface area contributed by atoms with Gasteiger partial charge in [-0.1, -0.05) is 0 Å². The molecule has 2 rings (SSSR count). The molecular formula is C10H16N4O. The van der Waals surface area contributed by atoms with Gasteiger partial charge < -0.3 is 10.6 Å². The zero-order valence-corrected chi connectivity index (χ0v) is 8.65. The molecule has 1 saturated heterocycles. The van der Waals surface area contributed by atoms with Crippen molar-refractivity contribution in [3.05, 3.63) is 18.0 Å². The zero-order valence-electron chi connectivity index (χ0n) is 8.65. The summed E-state index contributed by atoms with van der Waals surface area (Å²) < 4.78 is 0. The molecule has 1 atom stereocenters. The van der Waals surface area contributed by atoms with Gasteiger partial charge in [-0.05, 0) is 25.3 Å². The molecule has 0 radical (unpaired) electrons. The lowest BCUT2D eigenvalue weighted by molar-refractivity contribution is 0.0678. The number of H-pyrrole nitrogens is 1. The SMILES string of the molecule is NCC1CCCN(C(=O)c2cn[nH]c2)C1. The quantitative estimate of drug-likeness (QED) is 0.730. The molecular weight excluding hydrogens is 192 g/mol. The molecule has 0 saturated carbocycles. The number of amides is 1. The predicted molar refractivity (Wildman–Crippen MR) is 56.3 cm³/mol. The highest BCUT2D eigenvalue weighted by atomic mass is 16.2. The van der Waals surface area contributed by atoms with Crippen LogP contribution >= 0.6 is 0 Å². The molecule has 1 aromatic rings. The maximum atomic E-state index is 11.9. The van der Waals surface area contributed by atoms with Crippen LogP contribution in [0.25, 0.3) is 0 Å². The topological polar surface area (TPSA) is 75.0 Å². The Kier molecular flexibility index (Phi) is 3.01. The van der Waals surface area contributed by atoms with Crippen LogP contribution in [0.2, 0.25) is 0 Å². The molecule has 5 heteroatoms. The molecule has 0 bridgehead atoms. The highest BCUT2D eigenvalue weighted by Gasteiger charge is 2.23. The minimum absolute atomic E-state index is 0.0573. The fraction of sp³-hybridized carbons (Fsp3) is 0.600. The molecule has 5 nitrogen and oxygen atoms in total. The van der Waals surface area contributed by atoms with E-state index in [1.807, 2.05) is 4.90 Å². The molecule has 15 heavy (non-hydrogen) atoms. The summed E-state index contributed by atoms with van der Waals surface area (Å²) >= 11 is 0. The number of nitrogens with one attached hydrogen (secondary N) is 1. The summed E-state index contributed by atoms with van der Waals surface area (Å²) in [4.78, 5) is 13.8. The van der Waals surface area contributed by atoms with Gasteiger partial charge in [-0.2, -0.15) is 5.10 Å². The van der Waals surface area contributed by atoms with Gasteiger partial charge in [0.05, 0.1) is 11.8 Å². The monoisotopic (exact) mass is 208 g/mol. The Labute approximate surface area is 88.6 Å². The lowest BCUT2D eigenvalue weighted by Crippen LogP contribution is -2.41. The van der Waals surface area contributed by atoms with Crippen molar-refractivity contribution < 1.29 is 4.79 Å². The largest absolute Gasteiger partial charge is 0.338 e. The molecule has 2 heterocycles. The van der Waals surface area contributed by atoms with Gasteiger partial charge in [-0.15, -0.1) is 0 Å². The molecule has 1 aromatic heterocycles. The van der Waals surface area contributed by atoms with E-state index in [4.69, 9.17) is 5.73 Å². The van der Waals surface area contributed by atoms with Crippen molar-refractivity contribution in [2.45, 2.75) is 12.8 Å². The minimum atomic E-state index is 0.0573. The highest BCUT2D eigenvalue weighted by Crippen LogP contribution is 2.17. The molecule has 1 amide bonds. The van der Waals surface area contributed by atoms with Crippen molar-refractivity contribution in [1.82, 2.24) is 15.1 Å². The number of nitrogens with zero attached hydrogens (tertiary/aromatic N) is 2. The molecule has 3 N–H and O–H groups in total. The van der Waals surface area contributed by atoms with E-state index in [1.165, 1.54) is 0 Å². The van der Waals surface area contributed by atoms with E-state index in [1.54, 1.807) is 12.4 Å². The van der Waals surface area contributed by atoms with Crippen LogP contribution < -0.4 is 5.73 Å². The third-order valence-electron chi connectivity index (χ3n) is 2.88. The second-order valence-electron chi connectivity index (χ2n) is 3.98. The fourth-order valence-corrected chi connectivity index (χ4v) is 1.99. The number of hydrogen-bond donors (Lipinski definition) is 2. The fourth-order valence-electron chi connectivity index (χ4n) is 1.99. The Hall–Kier alpha value is -1.36. The van der Waals surface area contributed by atoms with E-state index in [0.29, 0.717) is 18.0 Å². The number of nitrogens with two attached hydrogens (primary N) is 1. The average molecular weight is 208 g/mol. The first kappa shape index (κ1) is 10.2. The summed E-state index contributed by atoms with van der Waals surface area (Å²) in [5.74, 6) is 0.511. The maximum Gasteiger partial charge on any atom is 0.257 e. The van der Waals surface area contributed by atoms with Gasteiger partial charge in [0.1, 0.15) is 0 Å². The molecule has 1 fully saturated rings. The lowest BCUT2D eigenvalue weighted by atomic mass is 9.98. The summed E-state index contributed by atoms with van der Waals surface area (Å²) in [5.41, 5.74) is 6.26. The Morgan fingerprint density at radius 2 is 2.60 bits per heavy atom. The summed E-state index contributed by atoms with van der Waals surface area (Å²) in [5, 5.41) is 6.43. The number of rotatable bonds is 2. The smallest absolute Gasteiger partial charge is 0.257 e. The van der Waals surface area contributed by atoms with Crippen LogP contribution in [-0.4, -0.2) is 40.6 Å². The van der Waals surface area contributed by atoms with Gasteiger partial charge in [0, 0.05) is 19.3 Å². The van der Waals surface area contributed by atoms with Crippen LogP contribution in [0.5, 0.6) is 0 Å². The van der Waals surface area contributed by atoms with Gasteiger partial charge in [0.15, 0.2) is 0 Å². The molecule has 0 aliphatic carbocycles. The number of piperidine rings is 1. The molecule has 1 unspecified atom stereocenters.